The van der Waals surface area contributed by atoms with Crippen LogP contribution in [-0.2, 0) is 4.74 Å². The van der Waals surface area contributed by atoms with Crippen LogP contribution in [-0.4, -0.2) is 12.1 Å². The summed E-state index contributed by atoms with van der Waals surface area (Å²) in [6.45, 7) is 0. The van der Waals surface area contributed by atoms with Gasteiger partial charge in [0.25, 0.3) is 0 Å². The summed E-state index contributed by atoms with van der Waals surface area (Å²) in [5, 5.41) is 2.25. The maximum Gasteiger partial charge on any atom is 0.136 e. The van der Waals surface area contributed by atoms with Gasteiger partial charge in [-0.05, 0) is 17.2 Å². The molecule has 0 unspecified atom stereocenters. The third kappa shape index (κ3) is 3.67. The van der Waals surface area contributed by atoms with E-state index in [4.69, 9.17) is 0 Å². The zero-order valence-electron chi connectivity index (χ0n) is 2.89. The molecule has 0 N–H and O–H groups in total. The topological polar surface area (TPSA) is 9.23 Å². The van der Waals surface area contributed by atoms with Crippen LogP contribution in [0.5, 0.6) is 0 Å². The monoisotopic (exact) mass is 88.0 g/mol. The van der Waals surface area contributed by atoms with Gasteiger partial charge < -0.3 is 4.74 Å². The van der Waals surface area contributed by atoms with Crippen molar-refractivity contribution < 1.29 is 4.74 Å². The predicted octanol–water partition coefficient (Wildman–Crippen LogP) is 0.745. The van der Waals surface area contributed by atoms with Gasteiger partial charge in [0.05, 0.1) is 7.11 Å². The van der Waals surface area contributed by atoms with Gasteiger partial charge in [0.2, 0.25) is 0 Å². The average molecular weight is 88.1 g/mol. The lowest BCUT2D eigenvalue weighted by atomic mass is 11.1. The van der Waals surface area contributed by atoms with Crippen molar-refractivity contribution >= 4 is 17.2 Å². The number of methoxy groups -OCH3 is 1. The van der Waals surface area contributed by atoms with Gasteiger partial charge in [-0.2, -0.15) is 0 Å². The molecular weight excluding hydrogens is 84.1 g/mol. The highest BCUT2D eigenvalue weighted by molar-refractivity contribution is 7.78. The van der Waals surface area contributed by atoms with Gasteiger partial charge >= 0.3 is 0 Å². The van der Waals surface area contributed by atoms with Crippen molar-refractivity contribution in [1.82, 2.24) is 0 Å². The Balaban J connectivity index is 2.93. The lowest BCUT2D eigenvalue weighted by molar-refractivity contribution is 0.344. The normalized spacial score (nSPS) is 5.00. The Bertz CT molecular complexity index is 53.9. The maximum absolute atomic E-state index is 4.35. The summed E-state index contributed by atoms with van der Waals surface area (Å²) in [4.78, 5) is 0. The largest absolute Gasteiger partial charge is 0.495 e. The summed E-state index contributed by atoms with van der Waals surface area (Å²) in [5.41, 5.74) is 0. The molecule has 0 fully saturated rings. The standard InChI is InChI=1S/C3H4OS/c1-4-2-3-5/h2H,1H3. The molecule has 0 saturated carbocycles. The van der Waals surface area contributed by atoms with Crippen molar-refractivity contribution in [3.05, 3.63) is 6.26 Å². The molecule has 0 aromatic carbocycles. The second kappa shape index (κ2) is 3.67. The lowest BCUT2D eigenvalue weighted by Gasteiger charge is -1.72. The van der Waals surface area contributed by atoms with Gasteiger partial charge in [0.15, 0.2) is 0 Å². The molecule has 0 aliphatic rings. The third-order valence-corrected chi connectivity index (χ3v) is 0.262. The van der Waals surface area contributed by atoms with Gasteiger partial charge in [0.1, 0.15) is 6.26 Å². The van der Waals surface area contributed by atoms with Crippen LogP contribution in [0.2, 0.25) is 0 Å². The molecule has 0 rings (SSSR count). The third-order valence-electron chi connectivity index (χ3n) is 0.166. The molecule has 0 bridgehead atoms. The van der Waals surface area contributed by atoms with Crippen LogP contribution in [0.15, 0.2) is 6.26 Å². The number of rotatable bonds is 1. The first kappa shape index (κ1) is 4.67. The molecule has 2 heteroatoms. The van der Waals surface area contributed by atoms with Crippen molar-refractivity contribution in [3.8, 4) is 0 Å². The second-order valence-corrected chi connectivity index (χ2v) is 0.707. The van der Waals surface area contributed by atoms with Crippen molar-refractivity contribution in [3.63, 3.8) is 0 Å². The molecule has 0 aliphatic heterocycles. The van der Waals surface area contributed by atoms with Crippen LogP contribution in [0.4, 0.5) is 0 Å². The summed E-state index contributed by atoms with van der Waals surface area (Å²) in [7, 11) is 1.53. The molecular formula is C3H4OS. The summed E-state index contributed by atoms with van der Waals surface area (Å²) < 4.78 is 4.35. The van der Waals surface area contributed by atoms with Crippen LogP contribution in [0.25, 0.3) is 0 Å². The first-order valence-corrected chi connectivity index (χ1v) is 1.54. The van der Waals surface area contributed by atoms with E-state index in [-0.39, 0.29) is 0 Å². The van der Waals surface area contributed by atoms with Crippen molar-refractivity contribution in [2.45, 2.75) is 0 Å². The molecule has 0 heterocycles. The van der Waals surface area contributed by atoms with Crippen LogP contribution in [0, 0.1) is 0 Å². The number of ether oxygens (including phenoxy) is 1. The fourth-order valence-electron chi connectivity index (χ4n) is 0.0481. The molecule has 0 spiro atoms. The second-order valence-electron chi connectivity index (χ2n) is 0.471. The van der Waals surface area contributed by atoms with Crippen LogP contribution in [0.3, 0.4) is 0 Å². The van der Waals surface area contributed by atoms with Crippen LogP contribution in [0.1, 0.15) is 0 Å². The van der Waals surface area contributed by atoms with E-state index in [1.54, 1.807) is 0 Å². The number of hydrogen-bond acceptors (Lipinski definition) is 2. The van der Waals surface area contributed by atoms with E-state index in [1.165, 1.54) is 13.4 Å². The van der Waals surface area contributed by atoms with E-state index in [1.807, 2.05) is 0 Å². The molecule has 28 valence electrons. The van der Waals surface area contributed by atoms with E-state index in [9.17, 15) is 0 Å². The molecule has 0 aliphatic carbocycles. The van der Waals surface area contributed by atoms with E-state index >= 15 is 0 Å². The van der Waals surface area contributed by atoms with Gasteiger partial charge in [-0.3, -0.25) is 0 Å². The fourth-order valence-corrected chi connectivity index (χ4v) is 0.144. The maximum atomic E-state index is 4.35. The molecule has 0 radical (unpaired) electrons. The number of thiocarbonyl (C=S) groups is 1. The van der Waals surface area contributed by atoms with E-state index in [0.29, 0.717) is 0 Å². The zero-order valence-corrected chi connectivity index (χ0v) is 3.71. The Morgan fingerprint density at radius 3 is 2.60 bits per heavy atom. The molecule has 5 heavy (non-hydrogen) atoms. The van der Waals surface area contributed by atoms with E-state index in [0.717, 1.165) is 0 Å². The molecule has 0 saturated heterocycles. The average Bonchev–Trinajstić information content (AvgIpc) is 1.41. The molecule has 0 aromatic rings. The minimum atomic E-state index is 1.31. The van der Waals surface area contributed by atoms with Crippen LogP contribution >= 0.6 is 12.2 Å². The minimum absolute atomic E-state index is 1.31. The number of hydrogen-bond donors (Lipinski definition) is 0. The summed E-state index contributed by atoms with van der Waals surface area (Å²) >= 11 is 4.22. The Kier molecular flexibility index (Phi) is 3.43. The lowest BCUT2D eigenvalue weighted by Crippen LogP contribution is -1.58. The molecule has 0 aromatic heterocycles. The quantitative estimate of drug-likeness (QED) is 0.345. The van der Waals surface area contributed by atoms with Crippen molar-refractivity contribution in [2.24, 2.45) is 0 Å². The summed E-state index contributed by atoms with van der Waals surface area (Å²) in [6, 6.07) is 0. The Hall–Kier alpha value is -0.330. The first-order chi connectivity index (χ1) is 2.41. The highest BCUT2D eigenvalue weighted by Gasteiger charge is 1.43. The van der Waals surface area contributed by atoms with E-state index < -0.39 is 0 Å². The van der Waals surface area contributed by atoms with Gasteiger partial charge in [-0.25, -0.2) is 0 Å². The molecule has 1 nitrogen and oxygen atoms in total. The van der Waals surface area contributed by atoms with E-state index in [2.05, 4.69) is 22.0 Å². The predicted molar refractivity (Wildman–Crippen MR) is 24.2 cm³/mol. The van der Waals surface area contributed by atoms with Gasteiger partial charge in [0, 0.05) is 0 Å². The Morgan fingerprint density at radius 2 is 2.60 bits per heavy atom. The highest BCUT2D eigenvalue weighted by Crippen LogP contribution is 1.53. The van der Waals surface area contributed by atoms with Gasteiger partial charge in [-0.15, -0.1) is 0 Å². The summed E-state index contributed by atoms with van der Waals surface area (Å²) in [5.74, 6) is 0. The minimum Gasteiger partial charge on any atom is -0.495 e. The SMILES string of the molecule is COC=C=S. The smallest absolute Gasteiger partial charge is 0.136 e. The Labute approximate surface area is 36.3 Å². The van der Waals surface area contributed by atoms with Crippen LogP contribution < -0.4 is 0 Å². The highest BCUT2D eigenvalue weighted by atomic mass is 32.1. The fraction of sp³-hybridized carbons (Fsp3) is 0.333. The van der Waals surface area contributed by atoms with Gasteiger partial charge in [-0.1, -0.05) is 0 Å². The zero-order chi connectivity index (χ0) is 4.12. The molecule has 0 amide bonds. The Morgan fingerprint density at radius 1 is 2.00 bits per heavy atom. The molecule has 0 atom stereocenters. The van der Waals surface area contributed by atoms with Crippen molar-refractivity contribution in [2.75, 3.05) is 7.11 Å². The van der Waals surface area contributed by atoms with Crippen molar-refractivity contribution in [1.29, 1.82) is 0 Å². The summed E-state index contributed by atoms with van der Waals surface area (Å²) in [6.07, 6.45) is 1.31. The first-order valence-electron chi connectivity index (χ1n) is 1.14.